The average Bonchev–Trinajstić information content (AvgIpc) is 3.07. The molecule has 3 rings (SSSR count). The number of nitrogens with zero attached hydrogens (tertiary/aromatic N) is 2. The van der Waals surface area contributed by atoms with Crippen molar-refractivity contribution in [1.29, 1.82) is 0 Å². The molecular weight excluding hydrogens is 286 g/mol. The van der Waals surface area contributed by atoms with E-state index in [9.17, 15) is 4.79 Å². The Morgan fingerprint density at radius 2 is 1.87 bits per heavy atom. The maximum Gasteiger partial charge on any atom is 0.181 e. The molecule has 1 aromatic carbocycles. The fourth-order valence-electron chi connectivity index (χ4n) is 2.46. The number of carbonyl (C=O) groups excluding carboxylic acids is 1. The van der Waals surface area contributed by atoms with Crippen LogP contribution >= 0.6 is 0 Å². The van der Waals surface area contributed by atoms with Gasteiger partial charge >= 0.3 is 0 Å². The summed E-state index contributed by atoms with van der Waals surface area (Å²) in [6, 6.07) is 15.4. The van der Waals surface area contributed by atoms with Crippen LogP contribution in [0.3, 0.4) is 0 Å². The molecule has 116 valence electrons. The highest BCUT2D eigenvalue weighted by atomic mass is 16.1. The van der Waals surface area contributed by atoms with Gasteiger partial charge in [0.05, 0.1) is 5.69 Å². The van der Waals surface area contributed by atoms with Gasteiger partial charge in [0.1, 0.15) is 17.2 Å². The first-order valence-corrected chi connectivity index (χ1v) is 7.89. The number of aromatic nitrogens is 3. The number of H-pyrrole nitrogens is 1. The molecule has 4 heteroatoms. The molecule has 4 nitrogen and oxygen atoms in total. The summed E-state index contributed by atoms with van der Waals surface area (Å²) in [7, 11) is 0. The summed E-state index contributed by atoms with van der Waals surface area (Å²) in [5.74, 6) is 0.785. The summed E-state index contributed by atoms with van der Waals surface area (Å²) < 4.78 is 0. The summed E-state index contributed by atoms with van der Waals surface area (Å²) in [6.07, 6.45) is 4.10. The van der Waals surface area contributed by atoms with E-state index in [1.165, 1.54) is 0 Å². The van der Waals surface area contributed by atoms with Crippen LogP contribution in [0, 0.1) is 0 Å². The van der Waals surface area contributed by atoms with Crippen LogP contribution in [0.25, 0.3) is 22.8 Å². The Hall–Kier alpha value is -2.75. The number of Topliss-reactive ketones (excluding diaryl/α,β-unsaturated/α-hetero) is 1. The number of ketones is 1. The monoisotopic (exact) mass is 305 g/mol. The molecule has 0 atom stereocenters. The number of nitrogens with one attached hydrogen (secondary N) is 1. The summed E-state index contributed by atoms with van der Waals surface area (Å²) in [4.78, 5) is 24.7. The van der Waals surface area contributed by atoms with E-state index in [2.05, 4.69) is 21.9 Å². The van der Waals surface area contributed by atoms with E-state index in [-0.39, 0.29) is 5.78 Å². The van der Waals surface area contributed by atoms with E-state index in [0.29, 0.717) is 29.3 Å². The van der Waals surface area contributed by atoms with E-state index in [0.717, 1.165) is 18.4 Å². The Balaban J connectivity index is 2.05. The predicted octanol–water partition coefficient (Wildman–Crippen LogP) is 4.51. The second-order valence-electron chi connectivity index (χ2n) is 5.42. The fraction of sp³-hybridized carbons (Fsp3) is 0.211. The zero-order valence-electron chi connectivity index (χ0n) is 13.1. The lowest BCUT2D eigenvalue weighted by Crippen LogP contribution is -2.02. The molecule has 2 aromatic heterocycles. The van der Waals surface area contributed by atoms with Crippen LogP contribution in [0.15, 0.2) is 54.7 Å². The quantitative estimate of drug-likeness (QED) is 0.682. The molecule has 0 aliphatic rings. The van der Waals surface area contributed by atoms with Crippen molar-refractivity contribution in [3.8, 4) is 22.8 Å². The highest BCUT2D eigenvalue weighted by Crippen LogP contribution is 2.26. The van der Waals surface area contributed by atoms with Crippen molar-refractivity contribution in [3.05, 3.63) is 60.4 Å². The van der Waals surface area contributed by atoms with E-state index in [1.807, 2.05) is 48.5 Å². The molecule has 0 fully saturated rings. The van der Waals surface area contributed by atoms with E-state index in [1.54, 1.807) is 6.20 Å². The van der Waals surface area contributed by atoms with Gasteiger partial charge in [0, 0.05) is 18.2 Å². The van der Waals surface area contributed by atoms with Crippen LogP contribution in [0.5, 0.6) is 0 Å². The van der Waals surface area contributed by atoms with Gasteiger partial charge in [-0.05, 0) is 18.6 Å². The summed E-state index contributed by atoms with van der Waals surface area (Å²) >= 11 is 0. The molecule has 0 unspecified atom stereocenters. The Kier molecular flexibility index (Phi) is 4.62. The third-order valence-electron chi connectivity index (χ3n) is 3.69. The van der Waals surface area contributed by atoms with Crippen molar-refractivity contribution < 1.29 is 4.79 Å². The Morgan fingerprint density at radius 1 is 1.09 bits per heavy atom. The Bertz CT molecular complexity index is 779. The number of hydrogen-bond donors (Lipinski definition) is 1. The number of aromatic amines is 1. The van der Waals surface area contributed by atoms with Gasteiger partial charge in [0.2, 0.25) is 0 Å². The summed E-state index contributed by atoms with van der Waals surface area (Å²) in [5, 5.41) is 0. The van der Waals surface area contributed by atoms with Crippen molar-refractivity contribution in [1.82, 2.24) is 15.0 Å². The minimum Gasteiger partial charge on any atom is -0.335 e. The van der Waals surface area contributed by atoms with Crippen LogP contribution in [0.4, 0.5) is 0 Å². The smallest absolute Gasteiger partial charge is 0.181 e. The molecule has 0 spiro atoms. The molecule has 0 bridgehead atoms. The van der Waals surface area contributed by atoms with Gasteiger partial charge in [0.15, 0.2) is 5.78 Å². The van der Waals surface area contributed by atoms with Gasteiger partial charge in [-0.3, -0.25) is 9.78 Å². The van der Waals surface area contributed by atoms with Crippen LogP contribution in [0.2, 0.25) is 0 Å². The minimum absolute atomic E-state index is 0.0854. The lowest BCUT2D eigenvalue weighted by molar-refractivity contribution is 0.0976. The average molecular weight is 305 g/mol. The van der Waals surface area contributed by atoms with Crippen molar-refractivity contribution in [2.24, 2.45) is 0 Å². The molecule has 0 saturated carbocycles. The number of rotatable bonds is 6. The summed E-state index contributed by atoms with van der Waals surface area (Å²) in [6.45, 7) is 2.08. The minimum atomic E-state index is 0.0854. The molecule has 0 amide bonds. The molecule has 23 heavy (non-hydrogen) atoms. The Morgan fingerprint density at radius 3 is 2.57 bits per heavy atom. The van der Waals surface area contributed by atoms with E-state index in [4.69, 9.17) is 0 Å². The number of imidazole rings is 1. The first kappa shape index (κ1) is 15.2. The third kappa shape index (κ3) is 3.37. The van der Waals surface area contributed by atoms with Crippen molar-refractivity contribution in [2.45, 2.75) is 26.2 Å². The van der Waals surface area contributed by atoms with Crippen LogP contribution in [-0.2, 0) is 0 Å². The second kappa shape index (κ2) is 7.01. The highest BCUT2D eigenvalue weighted by molar-refractivity contribution is 6.00. The van der Waals surface area contributed by atoms with Gasteiger partial charge in [-0.2, -0.15) is 0 Å². The van der Waals surface area contributed by atoms with Crippen molar-refractivity contribution in [3.63, 3.8) is 0 Å². The number of pyridine rings is 1. The normalized spacial score (nSPS) is 10.7. The van der Waals surface area contributed by atoms with Crippen LogP contribution < -0.4 is 0 Å². The third-order valence-corrected chi connectivity index (χ3v) is 3.69. The molecule has 1 N–H and O–H groups in total. The first-order chi connectivity index (χ1) is 11.3. The highest BCUT2D eigenvalue weighted by Gasteiger charge is 2.19. The summed E-state index contributed by atoms with van der Waals surface area (Å²) in [5.41, 5.74) is 2.85. The first-order valence-electron chi connectivity index (χ1n) is 7.89. The van der Waals surface area contributed by atoms with Crippen molar-refractivity contribution in [2.75, 3.05) is 0 Å². The van der Waals surface area contributed by atoms with E-state index >= 15 is 0 Å². The molecule has 0 radical (unpaired) electrons. The number of benzene rings is 1. The van der Waals surface area contributed by atoms with Gasteiger partial charge in [0.25, 0.3) is 0 Å². The zero-order chi connectivity index (χ0) is 16.1. The number of hydrogen-bond acceptors (Lipinski definition) is 3. The molecule has 2 heterocycles. The number of carbonyl (C=O) groups is 1. The molecule has 0 saturated heterocycles. The van der Waals surface area contributed by atoms with Gasteiger partial charge in [-0.1, -0.05) is 49.7 Å². The topological polar surface area (TPSA) is 58.6 Å². The molecular formula is C19H19N3O. The molecule has 0 aliphatic carbocycles. The van der Waals surface area contributed by atoms with Gasteiger partial charge < -0.3 is 4.98 Å². The zero-order valence-corrected chi connectivity index (χ0v) is 13.1. The van der Waals surface area contributed by atoms with Gasteiger partial charge in [-0.15, -0.1) is 0 Å². The fourth-order valence-corrected chi connectivity index (χ4v) is 2.46. The largest absolute Gasteiger partial charge is 0.335 e. The maximum absolute atomic E-state index is 12.5. The standard InChI is InChI=1S/C19H19N3O/c1-2-3-12-16(23)18-17(15-11-7-8-13-20-15)21-19(22-18)14-9-5-4-6-10-14/h4-11,13H,2-3,12H2,1H3,(H,21,22). The SMILES string of the molecule is CCCCC(=O)c1[nH]c(-c2ccccc2)nc1-c1ccccn1. The molecule has 0 aliphatic heterocycles. The predicted molar refractivity (Wildman–Crippen MR) is 91.1 cm³/mol. The second-order valence-corrected chi connectivity index (χ2v) is 5.42. The molecule has 3 aromatic rings. The van der Waals surface area contributed by atoms with E-state index < -0.39 is 0 Å². The van der Waals surface area contributed by atoms with Crippen LogP contribution in [-0.4, -0.2) is 20.7 Å². The Labute approximate surface area is 135 Å². The number of unbranched alkanes of at least 4 members (excludes halogenated alkanes) is 1. The lowest BCUT2D eigenvalue weighted by atomic mass is 10.1. The van der Waals surface area contributed by atoms with Gasteiger partial charge in [-0.25, -0.2) is 4.98 Å². The van der Waals surface area contributed by atoms with Crippen molar-refractivity contribution >= 4 is 5.78 Å². The lowest BCUT2D eigenvalue weighted by Gasteiger charge is -2.00. The van der Waals surface area contributed by atoms with Crippen LogP contribution in [0.1, 0.15) is 36.7 Å². The maximum atomic E-state index is 12.5.